The molecule has 0 aromatic carbocycles. The number of carboxylic acid groups (broad SMARTS) is 1. The molecule has 0 heterocycles. The molecule has 32 heavy (non-hydrogen) atoms. The van der Waals surface area contributed by atoms with Crippen molar-refractivity contribution in [2.24, 2.45) is 0 Å². The van der Waals surface area contributed by atoms with Gasteiger partial charge < -0.3 is 10.4 Å². The van der Waals surface area contributed by atoms with Gasteiger partial charge in [0.05, 0.1) is 0 Å². The molecule has 0 bridgehead atoms. The third-order valence-corrected chi connectivity index (χ3v) is 4.89. The van der Waals surface area contributed by atoms with Gasteiger partial charge in [0.25, 0.3) is 0 Å². The number of hydrogen-bond donors (Lipinski definition) is 2. The van der Waals surface area contributed by atoms with Crippen LogP contribution in [0.3, 0.4) is 0 Å². The van der Waals surface area contributed by atoms with Crippen molar-refractivity contribution < 1.29 is 19.5 Å². The van der Waals surface area contributed by atoms with Gasteiger partial charge in [0.1, 0.15) is 6.04 Å². The molecule has 0 aliphatic carbocycles. The molecule has 0 radical (unpaired) electrons. The lowest BCUT2D eigenvalue weighted by molar-refractivity contribution is -0.141. The summed E-state index contributed by atoms with van der Waals surface area (Å²) in [5.41, 5.74) is 0. The largest absolute Gasteiger partial charge is 0.480 e. The van der Waals surface area contributed by atoms with Crippen LogP contribution in [0.15, 0.2) is 72.9 Å². The first-order valence-corrected chi connectivity index (χ1v) is 12.0. The molecule has 6 heteroatoms. The summed E-state index contributed by atoms with van der Waals surface area (Å²) in [6, 6.07) is -1.06. The van der Waals surface area contributed by atoms with Crippen molar-refractivity contribution in [2.45, 2.75) is 64.8 Å². The number of amides is 1. The monoisotopic (exact) mass is 459 g/mol. The lowest BCUT2D eigenvalue weighted by atomic mass is 10.2. The van der Waals surface area contributed by atoms with E-state index < -0.39 is 12.0 Å². The van der Waals surface area contributed by atoms with Gasteiger partial charge >= 0.3 is 5.97 Å². The molecule has 0 saturated carbocycles. The fourth-order valence-electron chi connectivity index (χ4n) is 2.34. The van der Waals surface area contributed by atoms with E-state index in [0.29, 0.717) is 6.42 Å². The number of allylic oxidation sites excluding steroid dienone is 11. The van der Waals surface area contributed by atoms with Gasteiger partial charge in [-0.15, -0.1) is 0 Å². The number of carbonyl (C=O) groups excluding carboxylic acids is 2. The third kappa shape index (κ3) is 20.7. The van der Waals surface area contributed by atoms with Crippen LogP contribution in [0.4, 0.5) is 0 Å². The van der Waals surface area contributed by atoms with Crippen LogP contribution in [0.2, 0.25) is 0 Å². The van der Waals surface area contributed by atoms with Crippen LogP contribution in [0.1, 0.15) is 58.8 Å². The molecule has 0 rings (SSSR count). The van der Waals surface area contributed by atoms with Crippen LogP contribution in [0.25, 0.3) is 0 Å². The molecular formula is C26H37NO4S. The van der Waals surface area contributed by atoms with Crippen molar-refractivity contribution in [3.05, 3.63) is 72.9 Å². The molecule has 0 aliphatic rings. The highest BCUT2D eigenvalue weighted by Gasteiger charge is 2.19. The summed E-state index contributed by atoms with van der Waals surface area (Å²) in [7, 11) is 0. The van der Waals surface area contributed by atoms with Crippen LogP contribution in [-0.2, 0) is 14.4 Å². The van der Waals surface area contributed by atoms with E-state index in [-0.39, 0.29) is 23.2 Å². The molecule has 0 aromatic heterocycles. The standard InChI is InChI=1S/C26H37NO4S/c1-3-4-5-6-7-8-9-10-11-12-13-14-15-16-17-18-19-20-21-25(29)27-24(26(30)31)22-32-23(2)28/h4-5,7-8,10-11,13-14,16-17,19-20,24H,3,6,9,12,15,18,21-22H2,1-2H3,(H,27,29)(H,30,31). The van der Waals surface area contributed by atoms with Crippen LogP contribution in [-0.4, -0.2) is 33.9 Å². The van der Waals surface area contributed by atoms with Crippen LogP contribution in [0.5, 0.6) is 0 Å². The summed E-state index contributed by atoms with van der Waals surface area (Å²) in [5, 5.41) is 11.3. The molecule has 1 atom stereocenters. The number of hydrogen-bond acceptors (Lipinski definition) is 4. The van der Waals surface area contributed by atoms with Gasteiger partial charge in [-0.2, -0.15) is 0 Å². The van der Waals surface area contributed by atoms with Gasteiger partial charge in [0.15, 0.2) is 5.12 Å². The zero-order chi connectivity index (χ0) is 23.9. The van der Waals surface area contributed by atoms with Crippen molar-refractivity contribution in [1.29, 1.82) is 0 Å². The molecular weight excluding hydrogens is 422 g/mol. The Morgan fingerprint density at radius 2 is 1.16 bits per heavy atom. The van der Waals surface area contributed by atoms with Gasteiger partial charge in [-0.3, -0.25) is 9.59 Å². The Morgan fingerprint density at radius 1 is 0.750 bits per heavy atom. The predicted molar refractivity (Wildman–Crippen MR) is 136 cm³/mol. The molecule has 0 aliphatic heterocycles. The molecule has 1 amide bonds. The SMILES string of the molecule is CCC=CCC=CCC=CCC=CCC=CCC=CCC(=O)NC(CSC(C)=O)C(=O)O. The Bertz CT molecular complexity index is 717. The first kappa shape index (κ1) is 29.4. The minimum atomic E-state index is -1.14. The molecule has 0 fully saturated rings. The zero-order valence-electron chi connectivity index (χ0n) is 19.2. The Morgan fingerprint density at radius 3 is 1.53 bits per heavy atom. The maximum absolute atomic E-state index is 11.8. The van der Waals surface area contributed by atoms with E-state index >= 15 is 0 Å². The Kier molecular flexibility index (Phi) is 19.9. The summed E-state index contributed by atoms with van der Waals surface area (Å²) in [5.74, 6) is -1.49. The topological polar surface area (TPSA) is 83.5 Å². The normalized spacial score (nSPS) is 13.4. The predicted octanol–water partition coefficient (Wildman–Crippen LogP) is 5.92. The molecule has 2 N–H and O–H groups in total. The molecule has 1 unspecified atom stereocenters. The Hall–Kier alpha value is -2.60. The quantitative estimate of drug-likeness (QED) is 0.264. The average molecular weight is 460 g/mol. The van der Waals surface area contributed by atoms with Crippen molar-refractivity contribution in [3.8, 4) is 0 Å². The molecule has 176 valence electrons. The fraction of sp³-hybridized carbons (Fsp3) is 0.423. The average Bonchev–Trinajstić information content (AvgIpc) is 2.75. The van der Waals surface area contributed by atoms with Gasteiger partial charge in [0.2, 0.25) is 5.91 Å². The van der Waals surface area contributed by atoms with Gasteiger partial charge in [-0.25, -0.2) is 4.79 Å². The highest BCUT2D eigenvalue weighted by molar-refractivity contribution is 8.13. The minimum absolute atomic E-state index is 0.0279. The van der Waals surface area contributed by atoms with E-state index in [2.05, 4.69) is 66.9 Å². The molecule has 5 nitrogen and oxygen atoms in total. The molecule has 0 spiro atoms. The first-order valence-electron chi connectivity index (χ1n) is 11.0. The van der Waals surface area contributed by atoms with E-state index in [1.165, 1.54) is 6.92 Å². The van der Waals surface area contributed by atoms with Crippen molar-refractivity contribution in [2.75, 3.05) is 5.75 Å². The van der Waals surface area contributed by atoms with Crippen molar-refractivity contribution in [1.82, 2.24) is 5.32 Å². The van der Waals surface area contributed by atoms with E-state index in [1.54, 1.807) is 6.08 Å². The second-order valence-electron chi connectivity index (χ2n) is 6.88. The third-order valence-electron chi connectivity index (χ3n) is 3.99. The first-order chi connectivity index (χ1) is 15.5. The summed E-state index contributed by atoms with van der Waals surface area (Å²) in [6.45, 7) is 3.50. The lowest BCUT2D eigenvalue weighted by Gasteiger charge is -2.12. The highest BCUT2D eigenvalue weighted by atomic mass is 32.2. The second kappa shape index (κ2) is 21.6. The maximum Gasteiger partial charge on any atom is 0.327 e. The molecule has 0 saturated heterocycles. The maximum atomic E-state index is 11.8. The number of aliphatic carboxylic acids is 1. The summed E-state index contributed by atoms with van der Waals surface area (Å²) in [6.07, 6.45) is 30.6. The van der Waals surface area contributed by atoms with E-state index in [4.69, 9.17) is 5.11 Å². The summed E-state index contributed by atoms with van der Waals surface area (Å²) >= 11 is 0.885. The van der Waals surface area contributed by atoms with Gasteiger partial charge in [-0.1, -0.05) is 91.6 Å². The second-order valence-corrected chi connectivity index (χ2v) is 8.08. The van der Waals surface area contributed by atoms with Gasteiger partial charge in [0, 0.05) is 19.1 Å². The Labute approximate surface area is 197 Å². The number of thioether (sulfide) groups is 1. The van der Waals surface area contributed by atoms with Crippen LogP contribution < -0.4 is 5.32 Å². The fourth-order valence-corrected chi connectivity index (χ4v) is 2.97. The van der Waals surface area contributed by atoms with Crippen LogP contribution in [0, 0.1) is 0 Å². The number of rotatable bonds is 17. The highest BCUT2D eigenvalue weighted by Crippen LogP contribution is 2.05. The van der Waals surface area contributed by atoms with Crippen LogP contribution >= 0.6 is 11.8 Å². The van der Waals surface area contributed by atoms with E-state index in [9.17, 15) is 14.4 Å². The Balaban J connectivity index is 3.87. The van der Waals surface area contributed by atoms with E-state index in [1.807, 2.05) is 12.2 Å². The number of nitrogens with one attached hydrogen (secondary N) is 1. The summed E-state index contributed by atoms with van der Waals surface area (Å²) in [4.78, 5) is 33.9. The lowest BCUT2D eigenvalue weighted by Crippen LogP contribution is -2.42. The van der Waals surface area contributed by atoms with Crippen molar-refractivity contribution >= 4 is 28.8 Å². The number of carbonyl (C=O) groups is 3. The van der Waals surface area contributed by atoms with E-state index in [0.717, 1.165) is 43.9 Å². The smallest absolute Gasteiger partial charge is 0.327 e. The van der Waals surface area contributed by atoms with Crippen molar-refractivity contribution in [3.63, 3.8) is 0 Å². The van der Waals surface area contributed by atoms with Gasteiger partial charge in [-0.05, 0) is 38.5 Å². The minimum Gasteiger partial charge on any atom is -0.480 e. The number of carboxylic acids is 1. The summed E-state index contributed by atoms with van der Waals surface area (Å²) < 4.78 is 0. The zero-order valence-corrected chi connectivity index (χ0v) is 20.1. The molecule has 0 aromatic rings.